The van der Waals surface area contributed by atoms with Crippen molar-refractivity contribution in [1.29, 1.82) is 0 Å². The lowest BCUT2D eigenvalue weighted by molar-refractivity contribution is -0.133. The molecular formula is C24H29N5O5. The number of aliphatic hydroxyl groups excluding tert-OH is 1. The van der Waals surface area contributed by atoms with Crippen molar-refractivity contribution in [2.24, 2.45) is 11.5 Å². The summed E-state index contributed by atoms with van der Waals surface area (Å²) < 4.78 is 0. The molecule has 34 heavy (non-hydrogen) atoms. The zero-order valence-electron chi connectivity index (χ0n) is 18.7. The van der Waals surface area contributed by atoms with Crippen LogP contribution in [-0.2, 0) is 9.59 Å². The Morgan fingerprint density at radius 1 is 0.971 bits per heavy atom. The lowest BCUT2D eigenvalue weighted by atomic mass is 10.1. The summed E-state index contributed by atoms with van der Waals surface area (Å²) in [6.45, 7) is 1.80. The number of carbonyl (C=O) groups is 3. The third-order valence-electron chi connectivity index (χ3n) is 4.87. The lowest BCUT2D eigenvalue weighted by Gasteiger charge is -2.19. The smallest absolute Gasteiger partial charge is 0.268 e. The molecular weight excluding hydrogens is 438 g/mol. The van der Waals surface area contributed by atoms with Crippen LogP contribution in [0.4, 0.5) is 5.69 Å². The van der Waals surface area contributed by atoms with Gasteiger partial charge in [-0.1, -0.05) is 11.8 Å². The topological polar surface area (TPSA) is 180 Å². The fraction of sp³-hybridized carbons (Fsp3) is 0.292. The Balaban J connectivity index is 1.98. The van der Waals surface area contributed by atoms with Gasteiger partial charge in [-0.3, -0.25) is 19.6 Å². The van der Waals surface area contributed by atoms with E-state index in [4.69, 9.17) is 16.7 Å². The van der Waals surface area contributed by atoms with Crippen LogP contribution in [0.25, 0.3) is 0 Å². The molecule has 3 atom stereocenters. The fourth-order valence-corrected chi connectivity index (χ4v) is 2.89. The number of aliphatic hydroxyl groups is 1. The summed E-state index contributed by atoms with van der Waals surface area (Å²) in [6.07, 6.45) is -0.00224. The van der Waals surface area contributed by atoms with Gasteiger partial charge in [-0.25, -0.2) is 5.48 Å². The van der Waals surface area contributed by atoms with Crippen molar-refractivity contribution in [1.82, 2.24) is 10.8 Å². The van der Waals surface area contributed by atoms with Gasteiger partial charge < -0.3 is 27.2 Å². The van der Waals surface area contributed by atoms with Gasteiger partial charge in [-0.15, -0.1) is 0 Å². The summed E-state index contributed by atoms with van der Waals surface area (Å²) in [5, 5.41) is 23.4. The van der Waals surface area contributed by atoms with Crippen LogP contribution < -0.4 is 27.6 Å². The van der Waals surface area contributed by atoms with E-state index in [0.717, 1.165) is 5.56 Å². The summed E-state index contributed by atoms with van der Waals surface area (Å²) in [5.74, 6) is 4.19. The number of rotatable bonds is 9. The molecule has 3 amide bonds. The maximum absolute atomic E-state index is 12.3. The number of hydrogen-bond donors (Lipinski definition) is 7. The van der Waals surface area contributed by atoms with Gasteiger partial charge in [0.05, 0.1) is 12.1 Å². The molecule has 0 heterocycles. The van der Waals surface area contributed by atoms with Gasteiger partial charge in [-0.2, -0.15) is 0 Å². The molecule has 0 aliphatic heterocycles. The van der Waals surface area contributed by atoms with E-state index in [2.05, 4.69) is 22.5 Å². The van der Waals surface area contributed by atoms with E-state index in [1.165, 1.54) is 24.5 Å². The SMILES string of the molecule is C[C@@H](O)[C@H](NC(=O)c1ccc(C#Cc2ccc(NC(=O)[C@@H](N)CCCN)cc2)cc1)C(=O)NO. The van der Waals surface area contributed by atoms with Crippen molar-refractivity contribution in [2.75, 3.05) is 11.9 Å². The number of anilines is 1. The molecule has 2 aromatic carbocycles. The van der Waals surface area contributed by atoms with Gasteiger partial charge in [0.15, 0.2) is 0 Å². The van der Waals surface area contributed by atoms with E-state index in [0.29, 0.717) is 30.6 Å². The largest absolute Gasteiger partial charge is 0.391 e. The molecule has 10 nitrogen and oxygen atoms in total. The average Bonchev–Trinajstić information content (AvgIpc) is 2.84. The Morgan fingerprint density at radius 2 is 1.53 bits per heavy atom. The lowest BCUT2D eigenvalue weighted by Crippen LogP contribution is -2.51. The highest BCUT2D eigenvalue weighted by atomic mass is 16.5. The second-order valence-corrected chi connectivity index (χ2v) is 7.60. The molecule has 0 bridgehead atoms. The highest BCUT2D eigenvalue weighted by Gasteiger charge is 2.25. The van der Waals surface area contributed by atoms with Crippen molar-refractivity contribution in [3.63, 3.8) is 0 Å². The minimum atomic E-state index is -1.30. The van der Waals surface area contributed by atoms with Crippen LogP contribution in [-0.4, -0.2) is 52.8 Å². The predicted octanol–water partition coefficient (Wildman–Crippen LogP) is 0.0757. The molecule has 0 unspecified atom stereocenters. The number of hydrogen-bond acceptors (Lipinski definition) is 7. The molecule has 9 N–H and O–H groups in total. The van der Waals surface area contributed by atoms with E-state index in [1.807, 2.05) is 0 Å². The third-order valence-corrected chi connectivity index (χ3v) is 4.87. The predicted molar refractivity (Wildman–Crippen MR) is 127 cm³/mol. The minimum absolute atomic E-state index is 0.256. The zero-order chi connectivity index (χ0) is 25.1. The van der Waals surface area contributed by atoms with Gasteiger partial charge in [0.2, 0.25) is 5.91 Å². The first kappa shape index (κ1) is 26.5. The monoisotopic (exact) mass is 467 g/mol. The molecule has 0 spiro atoms. The molecule has 0 saturated heterocycles. The first-order chi connectivity index (χ1) is 16.2. The highest BCUT2D eigenvalue weighted by Crippen LogP contribution is 2.11. The minimum Gasteiger partial charge on any atom is -0.391 e. The first-order valence-corrected chi connectivity index (χ1v) is 10.7. The summed E-state index contributed by atoms with van der Waals surface area (Å²) in [6, 6.07) is 11.4. The van der Waals surface area contributed by atoms with E-state index in [9.17, 15) is 19.5 Å². The van der Waals surface area contributed by atoms with Gasteiger partial charge >= 0.3 is 0 Å². The number of nitrogens with two attached hydrogens (primary N) is 2. The Hall–Kier alpha value is -3.75. The molecule has 10 heteroatoms. The summed E-state index contributed by atoms with van der Waals surface area (Å²) in [5.41, 5.74) is 14.9. The Bertz CT molecular complexity index is 1040. The first-order valence-electron chi connectivity index (χ1n) is 10.7. The maximum atomic E-state index is 12.3. The van der Waals surface area contributed by atoms with Crippen molar-refractivity contribution in [2.45, 2.75) is 38.0 Å². The summed E-state index contributed by atoms with van der Waals surface area (Å²) in [7, 11) is 0. The van der Waals surface area contributed by atoms with Crippen LogP contribution in [0.1, 0.15) is 41.3 Å². The maximum Gasteiger partial charge on any atom is 0.268 e. The fourth-order valence-electron chi connectivity index (χ4n) is 2.89. The standard InChI is InChI=1S/C24H29N5O5/c1-15(30)21(24(33)29-34)28-22(31)18-10-6-16(7-11-18)4-5-17-8-12-19(13-9-17)27-23(32)20(26)3-2-14-25/h6-13,15,20-21,30,34H,2-3,14,25-26H2,1H3,(H,27,32)(H,28,31)(H,29,33)/t15-,20+,21+/m1/s1. The van der Waals surface area contributed by atoms with Crippen LogP contribution in [0.3, 0.4) is 0 Å². The molecule has 0 aromatic heterocycles. The number of benzene rings is 2. The van der Waals surface area contributed by atoms with Crippen LogP contribution in [0.5, 0.6) is 0 Å². The molecule has 0 aliphatic carbocycles. The quantitative estimate of drug-likeness (QED) is 0.155. The number of carbonyl (C=O) groups excluding carboxylic acids is 3. The summed E-state index contributed by atoms with van der Waals surface area (Å²) >= 11 is 0. The average molecular weight is 468 g/mol. The number of amides is 3. The molecule has 0 fully saturated rings. The van der Waals surface area contributed by atoms with Gasteiger partial charge in [0.25, 0.3) is 11.8 Å². The Labute approximate surface area is 197 Å². The van der Waals surface area contributed by atoms with Gasteiger partial charge in [0.1, 0.15) is 6.04 Å². The molecule has 180 valence electrons. The normalized spacial score (nSPS) is 13.0. The van der Waals surface area contributed by atoms with E-state index >= 15 is 0 Å². The van der Waals surface area contributed by atoms with Gasteiger partial charge in [0, 0.05) is 22.4 Å². The van der Waals surface area contributed by atoms with E-state index in [-0.39, 0.29) is 11.5 Å². The Kier molecular flexibility index (Phi) is 10.2. The van der Waals surface area contributed by atoms with E-state index in [1.54, 1.807) is 36.4 Å². The molecule has 0 saturated carbocycles. The highest BCUT2D eigenvalue weighted by molar-refractivity contribution is 5.97. The van der Waals surface area contributed by atoms with Crippen molar-refractivity contribution in [3.8, 4) is 11.8 Å². The molecule has 2 aromatic rings. The van der Waals surface area contributed by atoms with Crippen molar-refractivity contribution in [3.05, 3.63) is 65.2 Å². The summed E-state index contributed by atoms with van der Waals surface area (Å²) in [4.78, 5) is 35.9. The van der Waals surface area contributed by atoms with E-state index < -0.39 is 30.0 Å². The van der Waals surface area contributed by atoms with Crippen molar-refractivity contribution < 1.29 is 24.7 Å². The number of nitrogens with one attached hydrogen (secondary N) is 3. The van der Waals surface area contributed by atoms with Crippen LogP contribution in [0, 0.1) is 11.8 Å². The third kappa shape index (κ3) is 7.99. The molecule has 2 rings (SSSR count). The van der Waals surface area contributed by atoms with Crippen LogP contribution in [0.2, 0.25) is 0 Å². The van der Waals surface area contributed by atoms with Crippen molar-refractivity contribution >= 4 is 23.4 Å². The van der Waals surface area contributed by atoms with Gasteiger partial charge in [-0.05, 0) is 74.8 Å². The van der Waals surface area contributed by atoms with Crippen LogP contribution >= 0.6 is 0 Å². The zero-order valence-corrected chi connectivity index (χ0v) is 18.7. The second kappa shape index (κ2) is 13.1. The second-order valence-electron chi connectivity index (χ2n) is 7.60. The molecule has 0 radical (unpaired) electrons. The molecule has 0 aliphatic rings. The van der Waals surface area contributed by atoms with Crippen LogP contribution in [0.15, 0.2) is 48.5 Å². The Morgan fingerprint density at radius 3 is 2.03 bits per heavy atom. The number of hydroxylamine groups is 1.